The number of hydrogen-bond donors (Lipinski definition) is 4. The highest BCUT2D eigenvalue weighted by Gasteiger charge is 2.46. The van der Waals surface area contributed by atoms with Gasteiger partial charge in [-0.3, -0.25) is 14.1 Å². The van der Waals surface area contributed by atoms with Crippen molar-refractivity contribution in [1.82, 2.24) is 0 Å². The first kappa shape index (κ1) is 55.6. The Morgan fingerprint density at radius 3 is 1.58 bits per heavy atom. The van der Waals surface area contributed by atoms with Crippen molar-refractivity contribution >= 4 is 22.1 Å². The summed E-state index contributed by atoms with van der Waals surface area (Å²) in [5.41, 5.74) is 0. The number of esters is 2. The molecule has 13 heteroatoms. The molecule has 0 aliphatic carbocycles. The van der Waals surface area contributed by atoms with Gasteiger partial charge in [0.2, 0.25) is 0 Å². The number of carbonyl (C=O) groups excluding carboxylic acids is 2. The number of rotatable bonds is 38. The largest absolute Gasteiger partial charge is 0.462 e. The second-order valence-corrected chi connectivity index (χ2v) is 17.5. The minimum Gasteiger partial charge on any atom is -0.462 e. The van der Waals surface area contributed by atoms with Crippen molar-refractivity contribution in [2.45, 2.75) is 218 Å². The quantitative estimate of drug-likeness (QED) is 0.0200. The minimum absolute atomic E-state index is 0.143. The Balaban J connectivity index is 2.44. The molecule has 2 unspecified atom stereocenters. The van der Waals surface area contributed by atoms with E-state index >= 15 is 0 Å². The van der Waals surface area contributed by atoms with E-state index in [4.69, 9.17) is 18.9 Å². The fourth-order valence-corrected chi connectivity index (χ4v) is 7.49. The van der Waals surface area contributed by atoms with Crippen LogP contribution in [0.3, 0.4) is 0 Å². The molecule has 60 heavy (non-hydrogen) atoms. The molecule has 0 aromatic carbocycles. The Kier molecular flexibility index (Phi) is 34.5. The number of hydrogen-bond acceptors (Lipinski definition) is 11. The van der Waals surface area contributed by atoms with Gasteiger partial charge in [-0.15, -0.1) is 0 Å². The van der Waals surface area contributed by atoms with Crippen molar-refractivity contribution in [3.05, 3.63) is 48.6 Å². The van der Waals surface area contributed by atoms with Gasteiger partial charge in [0, 0.05) is 12.8 Å². The molecule has 0 spiro atoms. The monoisotopic (exact) mass is 871 g/mol. The van der Waals surface area contributed by atoms with E-state index in [1.807, 2.05) is 0 Å². The maximum Gasteiger partial charge on any atom is 0.306 e. The third kappa shape index (κ3) is 31.5. The molecule has 0 bridgehead atoms. The highest BCUT2D eigenvalue weighted by Crippen LogP contribution is 2.24. The highest BCUT2D eigenvalue weighted by atomic mass is 32.2. The second kappa shape index (κ2) is 37.2. The summed E-state index contributed by atoms with van der Waals surface area (Å²) in [6.45, 7) is 3.62. The SMILES string of the molecule is CC/C=C/C/C=C/C/C=C/CCCCCCCC(=O)O[C@H](COC(=O)CCCCCCCCCCC/C=C/CCCCCC)CO[C@H]1O[C@H](CS(=O)(=O)O)[C@@H](O)C(O)C1O. The van der Waals surface area contributed by atoms with Crippen LogP contribution in [0.4, 0.5) is 0 Å². The van der Waals surface area contributed by atoms with Crippen LogP contribution in [0, 0.1) is 0 Å². The van der Waals surface area contributed by atoms with Crippen molar-refractivity contribution in [2.75, 3.05) is 19.0 Å². The summed E-state index contributed by atoms with van der Waals surface area (Å²) >= 11 is 0. The Labute approximate surface area is 363 Å². The predicted molar refractivity (Wildman–Crippen MR) is 238 cm³/mol. The van der Waals surface area contributed by atoms with Crippen molar-refractivity contribution in [3.63, 3.8) is 0 Å². The third-order valence-corrected chi connectivity index (χ3v) is 11.1. The first-order valence-electron chi connectivity index (χ1n) is 23.2. The Morgan fingerprint density at radius 2 is 1.05 bits per heavy atom. The van der Waals surface area contributed by atoms with Crippen molar-refractivity contribution in [3.8, 4) is 0 Å². The third-order valence-electron chi connectivity index (χ3n) is 10.4. The van der Waals surface area contributed by atoms with Gasteiger partial charge in [-0.1, -0.05) is 146 Å². The van der Waals surface area contributed by atoms with Gasteiger partial charge in [0.15, 0.2) is 12.4 Å². The molecule has 4 N–H and O–H groups in total. The molecule has 1 aliphatic heterocycles. The molecule has 0 aromatic heterocycles. The number of allylic oxidation sites excluding steroid dienone is 8. The summed E-state index contributed by atoms with van der Waals surface area (Å²) in [7, 11) is -4.61. The van der Waals surface area contributed by atoms with Gasteiger partial charge in [0.05, 0.1) is 6.61 Å². The average molecular weight is 871 g/mol. The van der Waals surface area contributed by atoms with E-state index in [-0.39, 0.29) is 19.4 Å². The fourth-order valence-electron chi connectivity index (χ4n) is 6.80. The van der Waals surface area contributed by atoms with E-state index in [0.717, 1.165) is 70.6 Å². The van der Waals surface area contributed by atoms with Crippen molar-refractivity contribution < 1.29 is 56.8 Å². The molecule has 1 fully saturated rings. The number of unbranched alkanes of at least 4 members (excludes halogenated alkanes) is 18. The lowest BCUT2D eigenvalue weighted by atomic mass is 10.00. The number of carbonyl (C=O) groups is 2. The summed E-state index contributed by atoms with van der Waals surface area (Å²) < 4.78 is 54.1. The number of aliphatic hydroxyl groups excluding tert-OH is 3. The van der Waals surface area contributed by atoms with E-state index in [1.165, 1.54) is 70.6 Å². The molecular formula is C47H82O12S. The van der Waals surface area contributed by atoms with E-state index in [9.17, 15) is 37.9 Å². The van der Waals surface area contributed by atoms with Gasteiger partial charge in [0.25, 0.3) is 10.1 Å². The summed E-state index contributed by atoms with van der Waals surface area (Å²) in [5.74, 6) is -2.01. The van der Waals surface area contributed by atoms with Crippen LogP contribution in [0.25, 0.3) is 0 Å². The fraction of sp³-hybridized carbons (Fsp3) is 0.787. The molecule has 6 atom stereocenters. The van der Waals surface area contributed by atoms with Gasteiger partial charge >= 0.3 is 11.9 Å². The number of aliphatic hydroxyl groups is 3. The summed E-state index contributed by atoms with van der Waals surface area (Å²) in [6.07, 6.45) is 34.4. The minimum atomic E-state index is -4.61. The molecular weight excluding hydrogens is 789 g/mol. The molecule has 0 radical (unpaired) electrons. The highest BCUT2D eigenvalue weighted by molar-refractivity contribution is 7.85. The molecule has 1 saturated heterocycles. The topological polar surface area (TPSA) is 186 Å². The molecule has 348 valence electrons. The van der Waals surface area contributed by atoms with Gasteiger partial charge in [-0.2, -0.15) is 8.42 Å². The summed E-state index contributed by atoms with van der Waals surface area (Å²) in [5, 5.41) is 30.9. The number of ether oxygens (including phenoxy) is 4. The van der Waals surface area contributed by atoms with Crippen LogP contribution < -0.4 is 0 Å². The first-order valence-corrected chi connectivity index (χ1v) is 24.8. The maximum absolute atomic E-state index is 12.8. The van der Waals surface area contributed by atoms with Crippen LogP contribution in [0.5, 0.6) is 0 Å². The predicted octanol–water partition coefficient (Wildman–Crippen LogP) is 9.56. The smallest absolute Gasteiger partial charge is 0.306 e. The molecule has 0 aromatic rings. The standard InChI is InChI=1S/C47H82O12S/c1-3-5-7-9-11-13-15-17-19-20-22-23-25-27-29-31-33-35-42(48)56-37-40(38-57-47-46(52)45(51)44(50)41(59-47)39-60(53,54)55)58-43(49)36-34-32-30-28-26-24-21-18-16-14-12-10-8-6-4-2/h6,8,12-15,18,21,40-41,44-47,50-52H,3-5,7,9-11,16-17,19-20,22-39H2,1-2H3,(H,53,54,55)/b8-6+,14-12+,15-13+,21-18+/t40-,41-,44-,45?,46?,47+/m1/s1. The van der Waals surface area contributed by atoms with Crippen molar-refractivity contribution in [1.29, 1.82) is 0 Å². The molecule has 1 rings (SSSR count). The van der Waals surface area contributed by atoms with Crippen LogP contribution in [-0.2, 0) is 38.7 Å². The van der Waals surface area contributed by atoms with Crippen LogP contribution in [0.1, 0.15) is 181 Å². The first-order chi connectivity index (χ1) is 29.0. The van der Waals surface area contributed by atoms with Gasteiger partial charge in [-0.25, -0.2) is 0 Å². The van der Waals surface area contributed by atoms with Crippen LogP contribution in [-0.4, -0.2) is 96.0 Å². The molecule has 12 nitrogen and oxygen atoms in total. The molecule has 1 aliphatic rings. The van der Waals surface area contributed by atoms with E-state index in [1.54, 1.807) is 0 Å². The van der Waals surface area contributed by atoms with Crippen LogP contribution in [0.2, 0.25) is 0 Å². The maximum atomic E-state index is 12.8. The van der Waals surface area contributed by atoms with Crippen LogP contribution in [0.15, 0.2) is 48.6 Å². The van der Waals surface area contributed by atoms with E-state index in [2.05, 4.69) is 62.5 Å². The Morgan fingerprint density at radius 1 is 0.583 bits per heavy atom. The Hall–Kier alpha value is -2.39. The van der Waals surface area contributed by atoms with Gasteiger partial charge in [0.1, 0.15) is 36.8 Å². The zero-order valence-corrected chi connectivity index (χ0v) is 37.9. The zero-order chi connectivity index (χ0) is 44.1. The lowest BCUT2D eigenvalue weighted by molar-refractivity contribution is -0.297. The molecule has 0 saturated carbocycles. The zero-order valence-electron chi connectivity index (χ0n) is 37.1. The lowest BCUT2D eigenvalue weighted by Crippen LogP contribution is -2.60. The van der Waals surface area contributed by atoms with E-state index in [0.29, 0.717) is 12.8 Å². The van der Waals surface area contributed by atoms with E-state index < -0.39 is 71.2 Å². The average Bonchev–Trinajstić information content (AvgIpc) is 3.21. The second-order valence-electron chi connectivity index (χ2n) is 16.0. The van der Waals surface area contributed by atoms with Gasteiger partial charge in [-0.05, 0) is 70.6 Å². The summed E-state index contributed by atoms with van der Waals surface area (Å²) in [4.78, 5) is 25.4. The van der Waals surface area contributed by atoms with Crippen molar-refractivity contribution in [2.24, 2.45) is 0 Å². The molecule has 0 amide bonds. The molecule has 1 heterocycles. The normalized spacial score (nSPS) is 20.5. The Bertz CT molecular complexity index is 1300. The summed E-state index contributed by atoms with van der Waals surface area (Å²) in [6, 6.07) is 0. The lowest BCUT2D eigenvalue weighted by Gasteiger charge is -2.40. The van der Waals surface area contributed by atoms with Crippen LogP contribution >= 0.6 is 0 Å². The van der Waals surface area contributed by atoms with Gasteiger partial charge < -0.3 is 34.3 Å².